The molecule has 1 aromatic carbocycles. The molecule has 21 heavy (non-hydrogen) atoms. The van der Waals surface area contributed by atoms with Crippen molar-refractivity contribution in [1.29, 1.82) is 0 Å². The highest BCUT2D eigenvalue weighted by Gasteiger charge is 2.16. The van der Waals surface area contributed by atoms with E-state index in [1.807, 2.05) is 0 Å². The van der Waals surface area contributed by atoms with Crippen LogP contribution < -0.4 is 4.73 Å². The van der Waals surface area contributed by atoms with Gasteiger partial charge in [0.2, 0.25) is 0 Å². The van der Waals surface area contributed by atoms with Crippen molar-refractivity contribution in [2.75, 3.05) is 7.11 Å². The van der Waals surface area contributed by atoms with Crippen LogP contribution in [0.1, 0.15) is 5.56 Å². The Labute approximate surface area is 118 Å². The predicted molar refractivity (Wildman–Crippen MR) is 70.7 cm³/mol. The number of halogens is 2. The quantitative estimate of drug-likeness (QED) is 0.548. The first-order valence-electron chi connectivity index (χ1n) is 6.14. The smallest absolute Gasteiger partial charge is 0.191 e. The lowest BCUT2D eigenvalue weighted by molar-refractivity contribution is -0.604. The third-order valence-electron chi connectivity index (χ3n) is 3.09. The van der Waals surface area contributed by atoms with Crippen molar-refractivity contribution in [3.63, 3.8) is 0 Å². The fraction of sp³-hybridized carbons (Fsp3) is 0.143. The Hall–Kier alpha value is -2.54. The molecule has 0 spiro atoms. The van der Waals surface area contributed by atoms with Gasteiger partial charge in [0.15, 0.2) is 18.2 Å². The minimum absolute atomic E-state index is 0.104. The molecule has 0 bridgehead atoms. The molecule has 2 heterocycles. The van der Waals surface area contributed by atoms with E-state index in [1.165, 1.54) is 36.4 Å². The molecule has 2 aromatic heterocycles. The molecule has 0 N–H and O–H groups in total. The van der Waals surface area contributed by atoms with Gasteiger partial charge in [-0.25, -0.2) is 13.5 Å². The van der Waals surface area contributed by atoms with Gasteiger partial charge in [0.25, 0.3) is 0 Å². The first-order valence-corrected chi connectivity index (χ1v) is 6.14. The molecule has 0 amide bonds. The fourth-order valence-corrected chi connectivity index (χ4v) is 2.26. The van der Waals surface area contributed by atoms with Crippen LogP contribution in [0.2, 0.25) is 0 Å². The summed E-state index contributed by atoms with van der Waals surface area (Å²) >= 11 is 0. The second kappa shape index (κ2) is 5.10. The van der Waals surface area contributed by atoms with Gasteiger partial charge in [-0.2, -0.15) is 9.83 Å². The van der Waals surface area contributed by atoms with Crippen LogP contribution >= 0.6 is 0 Å². The predicted octanol–water partition coefficient (Wildman–Crippen LogP) is 2.08. The molecule has 3 rings (SSSR count). The second-order valence-electron chi connectivity index (χ2n) is 4.53. The second-order valence-corrected chi connectivity index (χ2v) is 4.53. The molecule has 0 saturated heterocycles. The van der Waals surface area contributed by atoms with Gasteiger partial charge >= 0.3 is 0 Å². The van der Waals surface area contributed by atoms with Crippen molar-refractivity contribution >= 4 is 10.9 Å². The number of benzene rings is 1. The number of hydrogen-bond acceptors (Lipinski definition) is 3. The molecule has 0 fully saturated rings. The Kier molecular flexibility index (Phi) is 3.26. The molecule has 7 heteroatoms. The standard InChI is InChI=1S/C14H11F2N3O2/c1-21-8-10-7-18(20)6-9-5-17-19(14(9)10)13-3-2-11(15)4-12(13)16/h2-7H,8H2,1H3. The highest BCUT2D eigenvalue weighted by Crippen LogP contribution is 2.23. The topological polar surface area (TPSA) is 54.0 Å². The maximum Gasteiger partial charge on any atom is 0.191 e. The zero-order valence-corrected chi connectivity index (χ0v) is 11.1. The van der Waals surface area contributed by atoms with E-state index in [0.717, 1.165) is 12.1 Å². The first-order chi connectivity index (χ1) is 10.1. The minimum Gasteiger partial charge on any atom is -0.619 e. The summed E-state index contributed by atoms with van der Waals surface area (Å²) in [6.07, 6.45) is 4.12. The highest BCUT2D eigenvalue weighted by atomic mass is 19.1. The molecule has 0 unspecified atom stereocenters. The molecule has 108 valence electrons. The summed E-state index contributed by atoms with van der Waals surface area (Å²) in [6, 6.07) is 3.24. The van der Waals surface area contributed by atoms with Crippen molar-refractivity contribution in [3.05, 3.63) is 59.2 Å². The largest absolute Gasteiger partial charge is 0.619 e. The van der Waals surface area contributed by atoms with Crippen LogP contribution in [0.25, 0.3) is 16.6 Å². The third-order valence-corrected chi connectivity index (χ3v) is 3.09. The average Bonchev–Trinajstić information content (AvgIpc) is 2.82. The average molecular weight is 291 g/mol. The Bertz CT molecular complexity index is 817. The Morgan fingerprint density at radius 2 is 2.14 bits per heavy atom. The van der Waals surface area contributed by atoms with Crippen molar-refractivity contribution in [3.8, 4) is 5.69 Å². The van der Waals surface area contributed by atoms with E-state index in [2.05, 4.69) is 5.10 Å². The van der Waals surface area contributed by atoms with E-state index in [1.54, 1.807) is 0 Å². The van der Waals surface area contributed by atoms with Crippen molar-refractivity contribution < 1.29 is 18.2 Å². The normalized spacial score (nSPS) is 11.2. The third kappa shape index (κ3) is 2.31. The van der Waals surface area contributed by atoms with E-state index >= 15 is 0 Å². The maximum atomic E-state index is 13.9. The minimum atomic E-state index is -0.734. The fourth-order valence-electron chi connectivity index (χ4n) is 2.26. The summed E-state index contributed by atoms with van der Waals surface area (Å²) in [7, 11) is 1.49. The van der Waals surface area contributed by atoms with Gasteiger partial charge < -0.3 is 9.94 Å². The molecule has 0 aliphatic rings. The number of ether oxygens (including phenoxy) is 1. The Balaban J connectivity index is 2.28. The van der Waals surface area contributed by atoms with Gasteiger partial charge in [-0.15, -0.1) is 0 Å². The molecule has 0 saturated carbocycles. The summed E-state index contributed by atoms with van der Waals surface area (Å²) in [5, 5.41) is 16.2. The van der Waals surface area contributed by atoms with Crippen molar-refractivity contribution in [2.24, 2.45) is 0 Å². The molecule has 3 aromatic rings. The van der Waals surface area contributed by atoms with Crippen molar-refractivity contribution in [2.45, 2.75) is 6.61 Å². The zero-order valence-electron chi connectivity index (χ0n) is 11.1. The number of fused-ring (bicyclic) bond motifs is 1. The number of nitrogens with zero attached hydrogens (tertiary/aromatic N) is 3. The summed E-state index contributed by atoms with van der Waals surface area (Å²) < 4.78 is 34.0. The number of methoxy groups -OCH3 is 1. The number of aromatic nitrogens is 3. The zero-order chi connectivity index (χ0) is 15.0. The SMILES string of the molecule is COCc1c[n+]([O-])cc2cnn(-c3ccc(F)cc3F)c12. The monoisotopic (exact) mass is 291 g/mol. The van der Waals surface area contributed by atoms with Gasteiger partial charge in [-0.3, -0.25) is 0 Å². The van der Waals surface area contributed by atoms with Gasteiger partial charge in [-0.05, 0) is 12.1 Å². The maximum absolute atomic E-state index is 13.9. The van der Waals surface area contributed by atoms with Gasteiger partial charge in [-0.1, -0.05) is 0 Å². The van der Waals surface area contributed by atoms with Crippen LogP contribution in [0.5, 0.6) is 0 Å². The van der Waals surface area contributed by atoms with Gasteiger partial charge in [0, 0.05) is 13.2 Å². The van der Waals surface area contributed by atoms with E-state index in [0.29, 0.717) is 21.2 Å². The van der Waals surface area contributed by atoms with Gasteiger partial charge in [0.05, 0.1) is 29.3 Å². The molecular weight excluding hydrogens is 280 g/mol. The van der Waals surface area contributed by atoms with Crippen LogP contribution in [0.4, 0.5) is 8.78 Å². The molecule has 0 atom stereocenters. The number of pyridine rings is 1. The lowest BCUT2D eigenvalue weighted by Crippen LogP contribution is -2.25. The lowest BCUT2D eigenvalue weighted by Gasteiger charge is -2.08. The number of rotatable bonds is 3. The van der Waals surface area contributed by atoms with E-state index in [9.17, 15) is 14.0 Å². The number of hydrogen-bond donors (Lipinski definition) is 0. The summed E-state index contributed by atoms with van der Waals surface area (Å²) in [4.78, 5) is 0. The van der Waals surface area contributed by atoms with Crippen molar-refractivity contribution in [1.82, 2.24) is 9.78 Å². The molecule has 0 radical (unpaired) electrons. The first kappa shape index (κ1) is 13.4. The molecule has 5 nitrogen and oxygen atoms in total. The van der Waals surface area contributed by atoms with Crippen LogP contribution in [0, 0.1) is 16.8 Å². The van der Waals surface area contributed by atoms with Crippen LogP contribution in [0.15, 0.2) is 36.8 Å². The summed E-state index contributed by atoms with van der Waals surface area (Å²) in [5.41, 5.74) is 1.22. The highest BCUT2D eigenvalue weighted by molar-refractivity contribution is 5.81. The van der Waals surface area contributed by atoms with Crippen LogP contribution in [-0.2, 0) is 11.3 Å². The Morgan fingerprint density at radius 3 is 2.86 bits per heavy atom. The van der Waals surface area contributed by atoms with E-state index in [4.69, 9.17) is 4.74 Å². The van der Waals surface area contributed by atoms with Gasteiger partial charge in [0.1, 0.15) is 11.5 Å². The van der Waals surface area contributed by atoms with E-state index in [-0.39, 0.29) is 12.3 Å². The van der Waals surface area contributed by atoms with Crippen LogP contribution in [0.3, 0.4) is 0 Å². The van der Waals surface area contributed by atoms with Crippen LogP contribution in [-0.4, -0.2) is 16.9 Å². The molecule has 0 aliphatic heterocycles. The summed E-state index contributed by atoms with van der Waals surface area (Å²) in [6.45, 7) is 0.175. The van der Waals surface area contributed by atoms with E-state index < -0.39 is 11.6 Å². The Morgan fingerprint density at radius 1 is 1.33 bits per heavy atom. The molecular formula is C14H11F2N3O2. The summed E-state index contributed by atoms with van der Waals surface area (Å²) in [5.74, 6) is -1.40. The molecule has 0 aliphatic carbocycles. The lowest BCUT2D eigenvalue weighted by atomic mass is 10.2.